The smallest absolute Gasteiger partial charge is 0.203 e. The van der Waals surface area contributed by atoms with Crippen LogP contribution in [0, 0.1) is 13.8 Å². The van der Waals surface area contributed by atoms with Crippen molar-refractivity contribution in [2.45, 2.75) is 13.8 Å². The Kier molecular flexibility index (Phi) is 2.64. The molecule has 2 aromatic rings. The van der Waals surface area contributed by atoms with Crippen LogP contribution in [-0.4, -0.2) is 10.8 Å². The second-order valence-electron chi connectivity index (χ2n) is 3.43. The first-order valence-electron chi connectivity index (χ1n) is 4.70. The summed E-state index contributed by atoms with van der Waals surface area (Å²) in [5.41, 5.74) is 1.58. The third-order valence-electron chi connectivity index (χ3n) is 2.12. The first-order valence-corrected chi connectivity index (χ1v) is 5.52. The number of carbonyl (C=O) groups excluding carboxylic acids is 1. The summed E-state index contributed by atoms with van der Waals surface area (Å²) in [6.07, 6.45) is 1.67. The van der Waals surface area contributed by atoms with Gasteiger partial charge in [-0.15, -0.1) is 11.3 Å². The molecule has 0 fully saturated rings. The van der Waals surface area contributed by atoms with Gasteiger partial charge in [0.25, 0.3) is 0 Å². The molecule has 0 aliphatic carbocycles. The first kappa shape index (κ1) is 10.1. The number of pyridine rings is 1. The molecule has 2 aromatic heterocycles. The standard InChI is InChI=1S/C12H11NOS/c1-8-7-10(5-6-13-8)12(14)11-4-3-9(2)15-11/h3-7H,1-2H3. The van der Waals surface area contributed by atoms with Gasteiger partial charge in [-0.1, -0.05) is 0 Å². The van der Waals surface area contributed by atoms with Crippen LogP contribution in [0.5, 0.6) is 0 Å². The summed E-state index contributed by atoms with van der Waals surface area (Å²) in [4.78, 5) is 18.0. The zero-order valence-corrected chi connectivity index (χ0v) is 9.47. The van der Waals surface area contributed by atoms with Gasteiger partial charge in [0.15, 0.2) is 0 Å². The van der Waals surface area contributed by atoms with Gasteiger partial charge >= 0.3 is 0 Å². The molecule has 2 rings (SSSR count). The van der Waals surface area contributed by atoms with E-state index >= 15 is 0 Å². The monoisotopic (exact) mass is 217 g/mol. The molecule has 2 nitrogen and oxygen atoms in total. The van der Waals surface area contributed by atoms with E-state index in [4.69, 9.17) is 0 Å². The van der Waals surface area contributed by atoms with Crippen molar-refractivity contribution in [3.8, 4) is 0 Å². The zero-order chi connectivity index (χ0) is 10.8. The van der Waals surface area contributed by atoms with Crippen LogP contribution in [0.15, 0.2) is 30.5 Å². The molecule has 0 saturated carbocycles. The fourth-order valence-corrected chi connectivity index (χ4v) is 2.22. The highest BCUT2D eigenvalue weighted by Gasteiger charge is 2.10. The molecule has 0 unspecified atom stereocenters. The van der Waals surface area contributed by atoms with E-state index in [2.05, 4.69) is 4.98 Å². The van der Waals surface area contributed by atoms with Gasteiger partial charge in [0.2, 0.25) is 5.78 Å². The number of aromatic nitrogens is 1. The molecule has 15 heavy (non-hydrogen) atoms. The predicted molar refractivity (Wildman–Crippen MR) is 61.5 cm³/mol. The summed E-state index contributed by atoms with van der Waals surface area (Å²) >= 11 is 1.53. The lowest BCUT2D eigenvalue weighted by Crippen LogP contribution is -1.99. The lowest BCUT2D eigenvalue weighted by molar-refractivity contribution is 0.104. The summed E-state index contributed by atoms with van der Waals surface area (Å²) < 4.78 is 0. The van der Waals surface area contributed by atoms with Crippen molar-refractivity contribution in [2.24, 2.45) is 0 Å². The molecule has 2 heterocycles. The number of thiophene rings is 1. The summed E-state index contributed by atoms with van der Waals surface area (Å²) in [5.74, 6) is 0.0820. The Balaban J connectivity index is 2.36. The van der Waals surface area contributed by atoms with Crippen LogP contribution in [0.3, 0.4) is 0 Å². The van der Waals surface area contributed by atoms with Gasteiger partial charge in [0.1, 0.15) is 0 Å². The number of nitrogens with zero attached hydrogens (tertiary/aromatic N) is 1. The van der Waals surface area contributed by atoms with E-state index < -0.39 is 0 Å². The molecule has 0 aliphatic rings. The molecule has 76 valence electrons. The fourth-order valence-electron chi connectivity index (χ4n) is 1.39. The first-order chi connectivity index (χ1) is 7.16. The highest BCUT2D eigenvalue weighted by Crippen LogP contribution is 2.19. The Hall–Kier alpha value is -1.48. The molecule has 0 radical (unpaired) electrons. The van der Waals surface area contributed by atoms with Gasteiger partial charge < -0.3 is 0 Å². The quantitative estimate of drug-likeness (QED) is 0.724. The van der Waals surface area contributed by atoms with Gasteiger partial charge in [0.05, 0.1) is 4.88 Å². The second kappa shape index (κ2) is 3.95. The van der Waals surface area contributed by atoms with Crippen LogP contribution >= 0.6 is 11.3 Å². The van der Waals surface area contributed by atoms with Crippen molar-refractivity contribution < 1.29 is 4.79 Å². The van der Waals surface area contributed by atoms with Crippen LogP contribution in [0.1, 0.15) is 25.8 Å². The van der Waals surface area contributed by atoms with Crippen molar-refractivity contribution >= 4 is 17.1 Å². The Bertz CT molecular complexity index is 502. The van der Waals surface area contributed by atoms with E-state index in [9.17, 15) is 4.79 Å². The number of carbonyl (C=O) groups is 1. The highest BCUT2D eigenvalue weighted by molar-refractivity contribution is 7.14. The van der Waals surface area contributed by atoms with Gasteiger partial charge in [-0.25, -0.2) is 0 Å². The molecule has 0 atom stereocenters. The molecular weight excluding hydrogens is 206 g/mol. The van der Waals surface area contributed by atoms with Crippen molar-refractivity contribution in [3.63, 3.8) is 0 Å². The van der Waals surface area contributed by atoms with Crippen molar-refractivity contribution in [2.75, 3.05) is 0 Å². The largest absolute Gasteiger partial charge is 0.288 e. The molecule has 0 bridgehead atoms. The Morgan fingerprint density at radius 1 is 1.27 bits per heavy atom. The number of aryl methyl sites for hydroxylation is 2. The normalized spacial score (nSPS) is 10.3. The molecule has 0 aromatic carbocycles. The zero-order valence-electron chi connectivity index (χ0n) is 8.65. The van der Waals surface area contributed by atoms with Gasteiger partial charge in [-0.2, -0.15) is 0 Å². The van der Waals surface area contributed by atoms with E-state index in [1.165, 1.54) is 11.3 Å². The minimum Gasteiger partial charge on any atom is -0.288 e. The van der Waals surface area contributed by atoms with E-state index in [1.54, 1.807) is 12.3 Å². The molecule has 0 aliphatic heterocycles. The predicted octanol–water partition coefficient (Wildman–Crippen LogP) is 2.99. The van der Waals surface area contributed by atoms with E-state index in [-0.39, 0.29) is 5.78 Å². The third-order valence-corrected chi connectivity index (χ3v) is 3.12. The summed E-state index contributed by atoms with van der Waals surface area (Å²) in [6.45, 7) is 3.88. The summed E-state index contributed by atoms with van der Waals surface area (Å²) in [5, 5.41) is 0. The second-order valence-corrected chi connectivity index (χ2v) is 4.71. The van der Waals surface area contributed by atoms with E-state index in [0.29, 0.717) is 5.56 Å². The maximum absolute atomic E-state index is 12.0. The van der Waals surface area contributed by atoms with Crippen molar-refractivity contribution in [1.82, 2.24) is 4.98 Å². The van der Waals surface area contributed by atoms with E-state index in [0.717, 1.165) is 15.4 Å². The van der Waals surface area contributed by atoms with Crippen LogP contribution in [0.2, 0.25) is 0 Å². The Morgan fingerprint density at radius 3 is 2.67 bits per heavy atom. The fraction of sp³-hybridized carbons (Fsp3) is 0.167. The average Bonchev–Trinajstić information content (AvgIpc) is 2.64. The average molecular weight is 217 g/mol. The van der Waals surface area contributed by atoms with Gasteiger partial charge in [-0.3, -0.25) is 9.78 Å². The van der Waals surface area contributed by atoms with Crippen LogP contribution in [0.25, 0.3) is 0 Å². The lowest BCUT2D eigenvalue weighted by atomic mass is 10.1. The molecule has 0 saturated heterocycles. The Labute approximate surface area is 92.6 Å². The molecule has 0 N–H and O–H groups in total. The molecule has 3 heteroatoms. The summed E-state index contributed by atoms with van der Waals surface area (Å²) in [7, 11) is 0. The van der Waals surface area contributed by atoms with Crippen LogP contribution in [-0.2, 0) is 0 Å². The maximum Gasteiger partial charge on any atom is 0.203 e. The number of hydrogen-bond acceptors (Lipinski definition) is 3. The van der Waals surface area contributed by atoms with Crippen molar-refractivity contribution in [1.29, 1.82) is 0 Å². The number of ketones is 1. The maximum atomic E-state index is 12.0. The minimum atomic E-state index is 0.0820. The lowest BCUT2D eigenvalue weighted by Gasteiger charge is -1.98. The minimum absolute atomic E-state index is 0.0820. The topological polar surface area (TPSA) is 30.0 Å². The Morgan fingerprint density at radius 2 is 2.07 bits per heavy atom. The molecule has 0 amide bonds. The van der Waals surface area contributed by atoms with Crippen LogP contribution < -0.4 is 0 Å². The molecular formula is C12H11NOS. The molecule has 0 spiro atoms. The SMILES string of the molecule is Cc1cc(C(=O)c2ccc(C)s2)ccn1. The third kappa shape index (κ3) is 2.13. The summed E-state index contributed by atoms with van der Waals surface area (Å²) in [6, 6.07) is 7.41. The van der Waals surface area contributed by atoms with Crippen LogP contribution in [0.4, 0.5) is 0 Å². The number of hydrogen-bond donors (Lipinski definition) is 0. The highest BCUT2D eigenvalue weighted by atomic mass is 32.1. The van der Waals surface area contributed by atoms with Crippen molar-refractivity contribution in [3.05, 3.63) is 51.5 Å². The van der Waals surface area contributed by atoms with Gasteiger partial charge in [-0.05, 0) is 38.1 Å². The number of rotatable bonds is 2. The van der Waals surface area contributed by atoms with E-state index in [1.807, 2.05) is 32.0 Å². The van der Waals surface area contributed by atoms with Gasteiger partial charge in [0, 0.05) is 22.3 Å².